The van der Waals surface area contributed by atoms with Gasteiger partial charge < -0.3 is 9.64 Å². The fourth-order valence-corrected chi connectivity index (χ4v) is 6.75. The van der Waals surface area contributed by atoms with Crippen LogP contribution in [0.2, 0.25) is 5.02 Å². The maximum atomic E-state index is 13.8. The Kier molecular flexibility index (Phi) is 7.76. The molecule has 0 fully saturated rings. The number of carbonyl (C=O) groups is 1. The van der Waals surface area contributed by atoms with E-state index in [2.05, 4.69) is 0 Å². The van der Waals surface area contributed by atoms with Crippen LogP contribution in [0.15, 0.2) is 70.5 Å². The number of ether oxygens (including phenoxy) is 1. The Bertz CT molecular complexity index is 1590. The number of amides is 1. The smallest absolute Gasteiger partial charge is 0.264 e. The first-order valence-electron chi connectivity index (χ1n) is 11.6. The predicted molar refractivity (Wildman–Crippen MR) is 147 cm³/mol. The summed E-state index contributed by atoms with van der Waals surface area (Å²) >= 11 is 6.21. The maximum Gasteiger partial charge on any atom is 0.264 e. The molecule has 1 amide bonds. The van der Waals surface area contributed by atoms with Crippen molar-refractivity contribution in [2.24, 2.45) is 0 Å². The molecule has 0 radical (unpaired) electrons. The first-order valence-corrected chi connectivity index (χ1v) is 14.9. The standard InChI is InChI=1S/C26H28ClN3O6S2/c1-18-5-8-21(9-6-18)38(34,35)30(24-16-20(27)7-12-25(24)36-4)17-26(31)29-14-13-19-15-22(10-11-23(19)29)37(32,33)28(2)3/h5-12,15-16H,13-14,17H2,1-4H3. The number of fused-ring (bicyclic) bond motifs is 1. The Hall–Kier alpha value is -3.12. The van der Waals surface area contributed by atoms with E-state index in [1.165, 1.54) is 56.4 Å². The Morgan fingerprint density at radius 3 is 2.24 bits per heavy atom. The lowest BCUT2D eigenvalue weighted by molar-refractivity contribution is -0.117. The van der Waals surface area contributed by atoms with Gasteiger partial charge in [-0.15, -0.1) is 0 Å². The van der Waals surface area contributed by atoms with Crippen LogP contribution in [0.3, 0.4) is 0 Å². The average Bonchev–Trinajstić information content (AvgIpc) is 3.30. The van der Waals surface area contributed by atoms with Crippen molar-refractivity contribution in [2.45, 2.75) is 23.1 Å². The van der Waals surface area contributed by atoms with E-state index < -0.39 is 32.5 Å². The topological polar surface area (TPSA) is 104 Å². The number of carbonyl (C=O) groups excluding carboxylic acids is 1. The van der Waals surface area contributed by atoms with Gasteiger partial charge in [-0.1, -0.05) is 29.3 Å². The highest BCUT2D eigenvalue weighted by Crippen LogP contribution is 2.36. The fraction of sp³-hybridized carbons (Fsp3) is 0.269. The van der Waals surface area contributed by atoms with Crippen molar-refractivity contribution < 1.29 is 26.4 Å². The van der Waals surface area contributed by atoms with Crippen LogP contribution < -0.4 is 13.9 Å². The summed E-state index contributed by atoms with van der Waals surface area (Å²) in [4.78, 5) is 15.2. The van der Waals surface area contributed by atoms with Gasteiger partial charge in [-0.2, -0.15) is 0 Å². The molecule has 1 aliphatic rings. The summed E-state index contributed by atoms with van der Waals surface area (Å²) in [6.07, 6.45) is 0.434. The van der Waals surface area contributed by atoms with Gasteiger partial charge in [0.1, 0.15) is 12.3 Å². The second-order valence-electron chi connectivity index (χ2n) is 9.01. The van der Waals surface area contributed by atoms with Crippen molar-refractivity contribution >= 4 is 48.9 Å². The third kappa shape index (κ3) is 5.24. The number of nitrogens with zero attached hydrogens (tertiary/aromatic N) is 3. The molecule has 0 atom stereocenters. The summed E-state index contributed by atoms with van der Waals surface area (Å²) in [5, 5.41) is 0.276. The molecule has 0 aliphatic carbocycles. The van der Waals surface area contributed by atoms with Gasteiger partial charge in [0.25, 0.3) is 10.0 Å². The van der Waals surface area contributed by atoms with Crippen LogP contribution in [0.1, 0.15) is 11.1 Å². The second kappa shape index (κ2) is 10.6. The molecule has 0 unspecified atom stereocenters. The van der Waals surface area contributed by atoms with Crippen molar-refractivity contribution in [3.05, 3.63) is 76.8 Å². The quantitative estimate of drug-likeness (QED) is 0.404. The Balaban J connectivity index is 1.73. The number of benzene rings is 3. The molecule has 202 valence electrons. The van der Waals surface area contributed by atoms with E-state index in [1.54, 1.807) is 30.3 Å². The Labute approximate surface area is 228 Å². The molecule has 38 heavy (non-hydrogen) atoms. The van der Waals surface area contributed by atoms with Gasteiger partial charge >= 0.3 is 0 Å². The van der Waals surface area contributed by atoms with Gasteiger partial charge in [0, 0.05) is 31.4 Å². The zero-order chi connectivity index (χ0) is 27.8. The molecule has 0 saturated carbocycles. The number of halogens is 1. The molecule has 1 aliphatic heterocycles. The molecule has 3 aromatic rings. The van der Waals surface area contributed by atoms with Crippen molar-refractivity contribution in [2.75, 3.05) is 43.5 Å². The van der Waals surface area contributed by atoms with Gasteiger partial charge in [0.05, 0.1) is 22.6 Å². The number of rotatable bonds is 8. The maximum absolute atomic E-state index is 13.8. The van der Waals surface area contributed by atoms with Crippen LogP contribution in [0, 0.1) is 6.92 Å². The van der Waals surface area contributed by atoms with E-state index in [0.717, 1.165) is 14.2 Å². The Morgan fingerprint density at radius 2 is 1.61 bits per heavy atom. The second-order valence-corrected chi connectivity index (χ2v) is 13.5. The summed E-state index contributed by atoms with van der Waals surface area (Å²) in [6.45, 7) is 1.60. The fourth-order valence-electron chi connectivity index (χ4n) is 4.21. The molecule has 3 aromatic carbocycles. The molecule has 9 nitrogen and oxygen atoms in total. The highest BCUT2D eigenvalue weighted by atomic mass is 35.5. The molecule has 0 aromatic heterocycles. The minimum Gasteiger partial charge on any atom is -0.495 e. The molecule has 4 rings (SSSR count). The van der Waals surface area contributed by atoms with Gasteiger partial charge in [-0.3, -0.25) is 9.10 Å². The third-order valence-corrected chi connectivity index (χ3v) is 10.1. The SMILES string of the molecule is COc1ccc(Cl)cc1N(CC(=O)N1CCc2cc(S(=O)(=O)N(C)C)ccc21)S(=O)(=O)c1ccc(C)cc1. The number of hydrogen-bond donors (Lipinski definition) is 0. The van der Waals surface area contributed by atoms with Gasteiger partial charge in [0.2, 0.25) is 15.9 Å². The highest BCUT2D eigenvalue weighted by Gasteiger charge is 2.34. The minimum absolute atomic E-state index is 0.0123. The van der Waals surface area contributed by atoms with Gasteiger partial charge in [0.15, 0.2) is 0 Å². The summed E-state index contributed by atoms with van der Waals surface area (Å²) in [5.74, 6) is -0.247. The number of methoxy groups -OCH3 is 1. The van der Waals surface area contributed by atoms with Crippen molar-refractivity contribution in [3.63, 3.8) is 0 Å². The van der Waals surface area contributed by atoms with E-state index in [9.17, 15) is 21.6 Å². The largest absolute Gasteiger partial charge is 0.495 e. The van der Waals surface area contributed by atoms with Crippen molar-refractivity contribution in [1.29, 1.82) is 0 Å². The predicted octanol–water partition coefficient (Wildman–Crippen LogP) is 3.69. The molecule has 12 heteroatoms. The number of hydrogen-bond acceptors (Lipinski definition) is 6. The number of sulfonamides is 2. The molecule has 0 N–H and O–H groups in total. The monoisotopic (exact) mass is 577 g/mol. The lowest BCUT2D eigenvalue weighted by Crippen LogP contribution is -2.42. The van der Waals surface area contributed by atoms with Crippen molar-refractivity contribution in [1.82, 2.24) is 4.31 Å². The van der Waals surface area contributed by atoms with E-state index >= 15 is 0 Å². The van der Waals surface area contributed by atoms with Gasteiger partial charge in [-0.25, -0.2) is 21.1 Å². The summed E-state index contributed by atoms with van der Waals surface area (Å²) in [6, 6.07) is 15.4. The van der Waals surface area contributed by atoms with E-state index in [1.807, 2.05) is 6.92 Å². The minimum atomic E-state index is -4.20. The zero-order valence-corrected chi connectivity index (χ0v) is 23.8. The summed E-state index contributed by atoms with van der Waals surface area (Å²) in [5.41, 5.74) is 2.24. The Morgan fingerprint density at radius 1 is 0.947 bits per heavy atom. The van der Waals surface area contributed by atoms with Crippen LogP contribution in [-0.2, 0) is 31.3 Å². The molecule has 0 spiro atoms. The van der Waals surface area contributed by atoms with Crippen LogP contribution in [0.4, 0.5) is 11.4 Å². The number of anilines is 2. The molecular formula is C26H28ClN3O6S2. The first kappa shape index (κ1) is 27.9. The normalized spacial score (nSPS) is 13.5. The first-order chi connectivity index (χ1) is 17.9. The summed E-state index contributed by atoms with van der Waals surface area (Å²) in [7, 11) is -3.53. The van der Waals surface area contributed by atoms with Crippen LogP contribution >= 0.6 is 11.6 Å². The number of aryl methyl sites for hydroxylation is 1. The van der Waals surface area contributed by atoms with Crippen LogP contribution in [0.25, 0.3) is 0 Å². The molecule has 0 saturated heterocycles. The molecular weight excluding hydrogens is 550 g/mol. The molecule has 0 bridgehead atoms. The average molecular weight is 578 g/mol. The third-order valence-electron chi connectivity index (χ3n) is 6.32. The zero-order valence-electron chi connectivity index (χ0n) is 21.4. The summed E-state index contributed by atoms with van der Waals surface area (Å²) < 4.78 is 60.3. The van der Waals surface area contributed by atoms with Crippen molar-refractivity contribution in [3.8, 4) is 5.75 Å². The highest BCUT2D eigenvalue weighted by molar-refractivity contribution is 7.93. The van der Waals surface area contributed by atoms with Crippen LogP contribution in [-0.4, -0.2) is 61.3 Å². The molecule has 1 heterocycles. The lowest BCUT2D eigenvalue weighted by Gasteiger charge is -2.28. The van der Waals surface area contributed by atoms with E-state index in [4.69, 9.17) is 16.3 Å². The van der Waals surface area contributed by atoms with Gasteiger partial charge in [-0.05, 0) is 67.4 Å². The van der Waals surface area contributed by atoms with E-state index in [-0.39, 0.29) is 32.8 Å². The lowest BCUT2D eigenvalue weighted by atomic mass is 10.2. The van der Waals surface area contributed by atoms with Crippen LogP contribution in [0.5, 0.6) is 5.75 Å². The van der Waals surface area contributed by atoms with E-state index in [0.29, 0.717) is 17.7 Å².